The highest BCUT2D eigenvalue weighted by Gasteiger charge is 2.09. The van der Waals surface area contributed by atoms with Gasteiger partial charge in [-0.2, -0.15) is 0 Å². The van der Waals surface area contributed by atoms with Gasteiger partial charge >= 0.3 is 0 Å². The van der Waals surface area contributed by atoms with Gasteiger partial charge in [0.2, 0.25) is 0 Å². The summed E-state index contributed by atoms with van der Waals surface area (Å²) in [5.74, 6) is -0.164. The van der Waals surface area contributed by atoms with Crippen molar-refractivity contribution in [3.8, 4) is 0 Å². The summed E-state index contributed by atoms with van der Waals surface area (Å²) < 4.78 is 0. The molecule has 3 aromatic rings. The van der Waals surface area contributed by atoms with Crippen LogP contribution in [0.5, 0.6) is 0 Å². The van der Waals surface area contributed by atoms with E-state index < -0.39 is 0 Å². The van der Waals surface area contributed by atoms with E-state index >= 15 is 0 Å². The highest BCUT2D eigenvalue weighted by Crippen LogP contribution is 2.17. The Morgan fingerprint density at radius 3 is 2.95 bits per heavy atom. The van der Waals surface area contributed by atoms with Gasteiger partial charge in [0.15, 0.2) is 0 Å². The molecule has 4 N–H and O–H groups in total. The lowest BCUT2D eigenvalue weighted by molar-refractivity contribution is 0.102. The number of anilines is 1. The van der Waals surface area contributed by atoms with Gasteiger partial charge in [0, 0.05) is 17.8 Å². The number of rotatable bonds is 3. The molecular weight excluding hydrogens is 252 g/mol. The van der Waals surface area contributed by atoms with Crippen LogP contribution in [0.4, 0.5) is 5.69 Å². The first kappa shape index (κ1) is 12.4. The number of benzene rings is 2. The lowest BCUT2D eigenvalue weighted by Gasteiger charge is -2.09. The molecule has 1 amide bonds. The van der Waals surface area contributed by atoms with E-state index in [1.807, 2.05) is 30.3 Å². The van der Waals surface area contributed by atoms with Gasteiger partial charge in [-0.25, -0.2) is 4.98 Å². The summed E-state index contributed by atoms with van der Waals surface area (Å²) in [6.07, 6.45) is 1.61. The molecule has 5 heteroatoms. The monoisotopic (exact) mass is 266 g/mol. The van der Waals surface area contributed by atoms with Crippen LogP contribution in [0, 0.1) is 0 Å². The number of nitrogens with zero attached hydrogens (tertiary/aromatic N) is 1. The first-order valence-corrected chi connectivity index (χ1v) is 6.30. The number of carbonyl (C=O) groups excluding carboxylic acids is 1. The summed E-state index contributed by atoms with van der Waals surface area (Å²) in [5.41, 5.74) is 9.56. The van der Waals surface area contributed by atoms with Gasteiger partial charge in [-0.05, 0) is 29.8 Å². The molecule has 0 spiro atoms. The van der Waals surface area contributed by atoms with E-state index in [1.165, 1.54) is 0 Å². The largest absolute Gasteiger partial charge is 0.345 e. The summed E-state index contributed by atoms with van der Waals surface area (Å²) in [7, 11) is 0. The Balaban J connectivity index is 1.88. The Hall–Kier alpha value is -2.66. The summed E-state index contributed by atoms with van der Waals surface area (Å²) in [6, 6.07) is 12.9. The quantitative estimate of drug-likeness (QED) is 0.680. The third-order valence-corrected chi connectivity index (χ3v) is 3.17. The Morgan fingerprint density at radius 1 is 1.25 bits per heavy atom. The maximum absolute atomic E-state index is 12.3. The van der Waals surface area contributed by atoms with Crippen LogP contribution < -0.4 is 11.1 Å². The number of aromatic nitrogens is 2. The van der Waals surface area contributed by atoms with E-state index in [0.29, 0.717) is 12.1 Å². The topological polar surface area (TPSA) is 83.8 Å². The molecule has 0 fully saturated rings. The minimum Gasteiger partial charge on any atom is -0.345 e. The standard InChI is InChI=1S/C15H14N4O/c16-8-11-3-1-2-4-12(11)19-15(20)10-5-6-13-14(7-10)18-9-17-13/h1-7,9H,8,16H2,(H,17,18)(H,19,20). The van der Waals surface area contributed by atoms with Crippen LogP contribution in [0.1, 0.15) is 15.9 Å². The maximum atomic E-state index is 12.3. The average molecular weight is 266 g/mol. The molecule has 0 radical (unpaired) electrons. The molecule has 0 bridgehead atoms. The highest BCUT2D eigenvalue weighted by atomic mass is 16.1. The highest BCUT2D eigenvalue weighted by molar-refractivity contribution is 6.06. The predicted octanol–water partition coefficient (Wildman–Crippen LogP) is 2.27. The number of para-hydroxylation sites is 1. The molecule has 0 atom stereocenters. The van der Waals surface area contributed by atoms with Crippen LogP contribution >= 0.6 is 0 Å². The van der Waals surface area contributed by atoms with Crippen LogP contribution in [0.15, 0.2) is 48.8 Å². The molecular formula is C15H14N4O. The number of hydrogen-bond acceptors (Lipinski definition) is 3. The maximum Gasteiger partial charge on any atom is 0.255 e. The number of hydrogen-bond donors (Lipinski definition) is 3. The minimum atomic E-state index is -0.164. The fourth-order valence-electron chi connectivity index (χ4n) is 2.09. The van der Waals surface area contributed by atoms with Gasteiger partial charge in [0.1, 0.15) is 0 Å². The number of imidazole rings is 1. The molecule has 20 heavy (non-hydrogen) atoms. The summed E-state index contributed by atoms with van der Waals surface area (Å²) in [4.78, 5) is 19.4. The molecule has 2 aromatic carbocycles. The second-order valence-electron chi connectivity index (χ2n) is 4.45. The molecule has 3 rings (SSSR count). The molecule has 100 valence electrons. The van der Waals surface area contributed by atoms with E-state index in [9.17, 15) is 4.79 Å². The Bertz CT molecular complexity index is 763. The molecule has 0 aliphatic heterocycles. The Kier molecular flexibility index (Phi) is 3.18. The van der Waals surface area contributed by atoms with Crippen molar-refractivity contribution in [1.82, 2.24) is 9.97 Å². The van der Waals surface area contributed by atoms with Crippen molar-refractivity contribution in [2.24, 2.45) is 5.73 Å². The average Bonchev–Trinajstić information content (AvgIpc) is 2.95. The molecule has 0 aliphatic carbocycles. The number of fused-ring (bicyclic) bond motifs is 1. The summed E-state index contributed by atoms with van der Waals surface area (Å²) in [6.45, 7) is 0.385. The fraction of sp³-hybridized carbons (Fsp3) is 0.0667. The van der Waals surface area contributed by atoms with Gasteiger partial charge < -0.3 is 16.0 Å². The zero-order valence-corrected chi connectivity index (χ0v) is 10.8. The molecule has 0 aliphatic rings. The van der Waals surface area contributed by atoms with Crippen LogP contribution in [0.2, 0.25) is 0 Å². The second kappa shape index (κ2) is 5.14. The van der Waals surface area contributed by atoms with Crippen LogP contribution in [0.25, 0.3) is 11.0 Å². The van der Waals surface area contributed by atoms with E-state index in [4.69, 9.17) is 5.73 Å². The molecule has 1 aromatic heterocycles. The smallest absolute Gasteiger partial charge is 0.255 e. The Labute approximate surface area is 115 Å². The fourth-order valence-corrected chi connectivity index (χ4v) is 2.09. The first-order chi connectivity index (χ1) is 9.78. The van der Waals surface area contributed by atoms with E-state index in [1.54, 1.807) is 18.5 Å². The van der Waals surface area contributed by atoms with Gasteiger partial charge in [-0.3, -0.25) is 4.79 Å². The third-order valence-electron chi connectivity index (χ3n) is 3.17. The van der Waals surface area contributed by atoms with Crippen molar-refractivity contribution in [1.29, 1.82) is 0 Å². The van der Waals surface area contributed by atoms with Crippen molar-refractivity contribution < 1.29 is 4.79 Å². The lowest BCUT2D eigenvalue weighted by atomic mass is 10.1. The molecule has 0 unspecified atom stereocenters. The number of aromatic amines is 1. The molecule has 5 nitrogen and oxygen atoms in total. The molecule has 0 saturated carbocycles. The zero-order valence-electron chi connectivity index (χ0n) is 10.8. The van der Waals surface area contributed by atoms with Crippen molar-refractivity contribution >= 4 is 22.6 Å². The second-order valence-corrected chi connectivity index (χ2v) is 4.45. The number of H-pyrrole nitrogens is 1. The molecule has 1 heterocycles. The van der Waals surface area contributed by atoms with Crippen molar-refractivity contribution in [3.63, 3.8) is 0 Å². The number of nitrogens with two attached hydrogens (primary N) is 1. The zero-order chi connectivity index (χ0) is 13.9. The Morgan fingerprint density at radius 2 is 2.10 bits per heavy atom. The number of carbonyl (C=O) groups is 1. The van der Waals surface area contributed by atoms with Gasteiger partial charge in [-0.15, -0.1) is 0 Å². The van der Waals surface area contributed by atoms with Crippen LogP contribution in [0.3, 0.4) is 0 Å². The SMILES string of the molecule is NCc1ccccc1NC(=O)c1ccc2nc[nH]c2c1. The van der Waals surface area contributed by atoms with E-state index in [-0.39, 0.29) is 5.91 Å². The van der Waals surface area contributed by atoms with E-state index in [0.717, 1.165) is 22.3 Å². The summed E-state index contributed by atoms with van der Waals surface area (Å²) in [5, 5.41) is 2.88. The molecule has 0 saturated heterocycles. The first-order valence-electron chi connectivity index (χ1n) is 6.30. The lowest BCUT2D eigenvalue weighted by Crippen LogP contribution is -2.14. The number of nitrogens with one attached hydrogen (secondary N) is 2. The van der Waals surface area contributed by atoms with Crippen molar-refractivity contribution in [3.05, 3.63) is 59.9 Å². The normalized spacial score (nSPS) is 10.7. The van der Waals surface area contributed by atoms with Crippen molar-refractivity contribution in [2.75, 3.05) is 5.32 Å². The minimum absolute atomic E-state index is 0.164. The van der Waals surface area contributed by atoms with Crippen molar-refractivity contribution in [2.45, 2.75) is 6.54 Å². The summed E-state index contributed by atoms with van der Waals surface area (Å²) >= 11 is 0. The van der Waals surface area contributed by atoms with E-state index in [2.05, 4.69) is 15.3 Å². The van der Waals surface area contributed by atoms with Gasteiger partial charge in [0.25, 0.3) is 5.91 Å². The van der Waals surface area contributed by atoms with Crippen LogP contribution in [-0.2, 0) is 6.54 Å². The predicted molar refractivity (Wildman–Crippen MR) is 78.4 cm³/mol. The van der Waals surface area contributed by atoms with Gasteiger partial charge in [-0.1, -0.05) is 18.2 Å². The third kappa shape index (κ3) is 2.26. The van der Waals surface area contributed by atoms with Gasteiger partial charge in [0.05, 0.1) is 17.4 Å². The van der Waals surface area contributed by atoms with Crippen LogP contribution in [-0.4, -0.2) is 15.9 Å². The number of amides is 1.